The molecule has 1 N–H and O–H groups in total. The van der Waals surface area contributed by atoms with Gasteiger partial charge in [-0.25, -0.2) is 0 Å². The highest BCUT2D eigenvalue weighted by atomic mass is 35.5. The van der Waals surface area contributed by atoms with Crippen molar-refractivity contribution in [2.75, 3.05) is 23.3 Å². The quantitative estimate of drug-likeness (QED) is 0.920. The van der Waals surface area contributed by atoms with E-state index in [0.29, 0.717) is 18.4 Å². The lowest BCUT2D eigenvalue weighted by Gasteiger charge is -2.15. The molecule has 8 heteroatoms. The van der Waals surface area contributed by atoms with Crippen LogP contribution in [0.15, 0.2) is 12.3 Å². The Morgan fingerprint density at radius 3 is 2.75 bits per heavy atom. The number of rotatable bonds is 4. The maximum atomic E-state index is 5.97. The van der Waals surface area contributed by atoms with Gasteiger partial charge in [0.15, 0.2) is 0 Å². The van der Waals surface area contributed by atoms with Crippen LogP contribution in [0.1, 0.15) is 18.5 Å². The van der Waals surface area contributed by atoms with Crippen LogP contribution in [0.2, 0.25) is 5.28 Å². The monoisotopic (exact) mass is 293 g/mol. The highest BCUT2D eigenvalue weighted by Crippen LogP contribution is 2.18. The molecule has 0 amide bonds. The fourth-order valence-electron chi connectivity index (χ4n) is 2.20. The van der Waals surface area contributed by atoms with Crippen LogP contribution in [0.5, 0.6) is 0 Å². The van der Waals surface area contributed by atoms with E-state index in [1.54, 1.807) is 4.68 Å². The van der Waals surface area contributed by atoms with E-state index in [2.05, 4.69) is 30.3 Å². The molecule has 3 rings (SSSR count). The van der Waals surface area contributed by atoms with Crippen molar-refractivity contribution < 1.29 is 0 Å². The van der Waals surface area contributed by atoms with Crippen molar-refractivity contribution in [1.82, 2.24) is 24.7 Å². The van der Waals surface area contributed by atoms with E-state index in [9.17, 15) is 0 Å². The first kappa shape index (κ1) is 13.1. The summed E-state index contributed by atoms with van der Waals surface area (Å²) in [4.78, 5) is 14.8. The van der Waals surface area contributed by atoms with Gasteiger partial charge in [0.05, 0.1) is 12.2 Å². The second-order valence-electron chi connectivity index (χ2n) is 4.76. The van der Waals surface area contributed by atoms with Gasteiger partial charge >= 0.3 is 0 Å². The Labute approximate surface area is 122 Å². The van der Waals surface area contributed by atoms with Gasteiger partial charge in [0.2, 0.25) is 17.2 Å². The van der Waals surface area contributed by atoms with E-state index in [0.717, 1.165) is 18.8 Å². The Kier molecular flexibility index (Phi) is 3.68. The summed E-state index contributed by atoms with van der Waals surface area (Å²) in [6.07, 6.45) is 4.23. The average molecular weight is 294 g/mol. The zero-order chi connectivity index (χ0) is 13.9. The Morgan fingerprint density at radius 1 is 1.25 bits per heavy atom. The zero-order valence-electron chi connectivity index (χ0n) is 11.3. The predicted molar refractivity (Wildman–Crippen MR) is 76.8 cm³/mol. The molecule has 3 heterocycles. The van der Waals surface area contributed by atoms with Crippen molar-refractivity contribution in [3.63, 3.8) is 0 Å². The van der Waals surface area contributed by atoms with Crippen molar-refractivity contribution in [1.29, 1.82) is 0 Å². The molecule has 2 aromatic rings. The van der Waals surface area contributed by atoms with E-state index in [4.69, 9.17) is 11.6 Å². The Hall–Kier alpha value is -1.89. The second-order valence-corrected chi connectivity index (χ2v) is 5.09. The number of anilines is 2. The molecule has 1 aliphatic heterocycles. The van der Waals surface area contributed by atoms with Crippen molar-refractivity contribution >= 4 is 23.5 Å². The van der Waals surface area contributed by atoms with Crippen LogP contribution in [-0.4, -0.2) is 37.8 Å². The molecule has 0 radical (unpaired) electrons. The van der Waals surface area contributed by atoms with Gasteiger partial charge in [-0.15, -0.1) is 0 Å². The van der Waals surface area contributed by atoms with Crippen LogP contribution < -0.4 is 10.2 Å². The Morgan fingerprint density at radius 2 is 2.05 bits per heavy atom. The van der Waals surface area contributed by atoms with E-state index < -0.39 is 0 Å². The minimum atomic E-state index is 0.213. The number of nitrogens with zero attached hydrogens (tertiary/aromatic N) is 6. The lowest BCUT2D eigenvalue weighted by atomic mass is 10.4. The summed E-state index contributed by atoms with van der Waals surface area (Å²) in [7, 11) is 1.88. The molecule has 0 atom stereocenters. The summed E-state index contributed by atoms with van der Waals surface area (Å²) >= 11 is 5.97. The number of hydrogen-bond acceptors (Lipinski definition) is 6. The number of hydrogen-bond donors (Lipinski definition) is 1. The number of aryl methyl sites for hydroxylation is 1. The molecule has 0 aromatic carbocycles. The molecule has 1 aliphatic rings. The van der Waals surface area contributed by atoms with Crippen LogP contribution in [0.4, 0.5) is 11.9 Å². The van der Waals surface area contributed by atoms with E-state index in [1.807, 2.05) is 19.3 Å². The van der Waals surface area contributed by atoms with Crippen molar-refractivity contribution in [3.05, 3.63) is 23.2 Å². The smallest absolute Gasteiger partial charge is 0.231 e. The molecule has 0 unspecified atom stereocenters. The fraction of sp³-hybridized carbons (Fsp3) is 0.500. The van der Waals surface area contributed by atoms with Crippen LogP contribution >= 0.6 is 11.6 Å². The molecule has 20 heavy (non-hydrogen) atoms. The van der Waals surface area contributed by atoms with E-state index >= 15 is 0 Å². The minimum absolute atomic E-state index is 0.213. The Balaban J connectivity index is 1.72. The van der Waals surface area contributed by atoms with Gasteiger partial charge in [0.1, 0.15) is 0 Å². The molecule has 1 fully saturated rings. The molecule has 0 bridgehead atoms. The average Bonchev–Trinajstić information content (AvgIpc) is 3.07. The third kappa shape index (κ3) is 2.98. The van der Waals surface area contributed by atoms with Crippen LogP contribution in [0.3, 0.4) is 0 Å². The van der Waals surface area contributed by atoms with Gasteiger partial charge in [-0.2, -0.15) is 20.1 Å². The zero-order valence-corrected chi connectivity index (χ0v) is 12.0. The fourth-order valence-corrected chi connectivity index (χ4v) is 2.36. The highest BCUT2D eigenvalue weighted by Gasteiger charge is 2.16. The first-order valence-corrected chi connectivity index (χ1v) is 6.97. The predicted octanol–water partition coefficient (Wildman–Crippen LogP) is 1.47. The first-order chi connectivity index (χ1) is 9.70. The molecule has 1 saturated heterocycles. The van der Waals surface area contributed by atoms with Crippen LogP contribution in [-0.2, 0) is 13.6 Å². The van der Waals surface area contributed by atoms with E-state index in [1.165, 1.54) is 12.8 Å². The number of nitrogens with one attached hydrogen (secondary N) is 1. The van der Waals surface area contributed by atoms with Gasteiger partial charge in [-0.1, -0.05) is 0 Å². The van der Waals surface area contributed by atoms with Crippen molar-refractivity contribution in [2.45, 2.75) is 19.4 Å². The summed E-state index contributed by atoms with van der Waals surface area (Å²) < 4.78 is 1.76. The van der Waals surface area contributed by atoms with Gasteiger partial charge in [-0.3, -0.25) is 4.68 Å². The van der Waals surface area contributed by atoms with Gasteiger partial charge < -0.3 is 10.2 Å². The highest BCUT2D eigenvalue weighted by molar-refractivity contribution is 6.28. The molecule has 106 valence electrons. The maximum Gasteiger partial charge on any atom is 0.231 e. The third-order valence-corrected chi connectivity index (χ3v) is 3.35. The lowest BCUT2D eigenvalue weighted by Crippen LogP contribution is -2.21. The number of aromatic nitrogens is 5. The summed E-state index contributed by atoms with van der Waals surface area (Å²) in [5.41, 5.74) is 0.923. The summed E-state index contributed by atoms with van der Waals surface area (Å²) in [6, 6.07) is 1.94. The maximum absolute atomic E-state index is 5.97. The molecular formula is C12H16ClN7. The minimum Gasteiger partial charge on any atom is -0.348 e. The SMILES string of the molecule is Cn1ccc(CNc2nc(Cl)nc(N3CCCC3)n2)n1. The van der Waals surface area contributed by atoms with Crippen LogP contribution in [0.25, 0.3) is 0 Å². The topological polar surface area (TPSA) is 71.8 Å². The van der Waals surface area contributed by atoms with Gasteiger partial charge in [0.25, 0.3) is 0 Å². The Bertz CT molecular complexity index is 591. The van der Waals surface area contributed by atoms with Crippen molar-refractivity contribution in [2.24, 2.45) is 7.05 Å². The number of halogens is 1. The molecular weight excluding hydrogens is 278 g/mol. The normalized spacial score (nSPS) is 14.8. The van der Waals surface area contributed by atoms with Gasteiger partial charge in [-0.05, 0) is 30.5 Å². The standard InChI is InChI=1S/C12H16ClN7/c1-19-7-4-9(18-19)8-14-11-15-10(13)16-12(17-11)20-5-2-3-6-20/h4,7H,2-3,5-6,8H2,1H3,(H,14,15,16,17). The summed E-state index contributed by atoms with van der Waals surface area (Å²) in [5.74, 6) is 1.13. The van der Waals surface area contributed by atoms with Crippen LogP contribution in [0, 0.1) is 0 Å². The molecule has 7 nitrogen and oxygen atoms in total. The molecule has 0 saturated carbocycles. The first-order valence-electron chi connectivity index (χ1n) is 6.59. The summed E-state index contributed by atoms with van der Waals surface area (Å²) in [6.45, 7) is 2.50. The largest absolute Gasteiger partial charge is 0.348 e. The lowest BCUT2D eigenvalue weighted by molar-refractivity contribution is 0.746. The molecule has 2 aromatic heterocycles. The molecule has 0 spiro atoms. The van der Waals surface area contributed by atoms with E-state index in [-0.39, 0.29) is 5.28 Å². The summed E-state index contributed by atoms with van der Waals surface area (Å²) in [5, 5.41) is 7.63. The second kappa shape index (κ2) is 5.62. The molecule has 0 aliphatic carbocycles. The van der Waals surface area contributed by atoms with Crippen molar-refractivity contribution in [3.8, 4) is 0 Å². The third-order valence-electron chi connectivity index (χ3n) is 3.18. The van der Waals surface area contributed by atoms with Gasteiger partial charge in [0, 0.05) is 26.3 Å².